The van der Waals surface area contributed by atoms with Crippen LogP contribution in [0.1, 0.15) is 15.9 Å². The zero-order valence-corrected chi connectivity index (χ0v) is 14.8. The number of aromatic nitrogens is 1. The molecule has 1 aliphatic rings. The number of pyridine rings is 1. The molecule has 0 atom stereocenters. The van der Waals surface area contributed by atoms with Crippen molar-refractivity contribution in [3.05, 3.63) is 71.4 Å². The van der Waals surface area contributed by atoms with Crippen LogP contribution in [0.25, 0.3) is 0 Å². The number of rotatable bonds is 5. The molecule has 0 saturated heterocycles. The first-order valence-electron chi connectivity index (χ1n) is 8.48. The van der Waals surface area contributed by atoms with E-state index >= 15 is 0 Å². The summed E-state index contributed by atoms with van der Waals surface area (Å²) in [5.41, 5.74) is -0.0133. The van der Waals surface area contributed by atoms with Crippen molar-refractivity contribution < 1.29 is 32.9 Å². The molecular formula is C20H14F2N2O5. The fraction of sp³-hybridized carbons (Fsp3) is 0.100. The van der Waals surface area contributed by atoms with Crippen LogP contribution in [0, 0.1) is 11.6 Å². The number of nitrogens with one attached hydrogen (secondary N) is 1. The summed E-state index contributed by atoms with van der Waals surface area (Å²) in [6.07, 6.45) is 0.915. The molecule has 0 aliphatic carbocycles. The first kappa shape index (κ1) is 18.5. The minimum atomic E-state index is -0.732. The summed E-state index contributed by atoms with van der Waals surface area (Å²) in [4.78, 5) is 16.4. The average molecular weight is 400 g/mol. The van der Waals surface area contributed by atoms with E-state index in [-0.39, 0.29) is 36.1 Å². The molecule has 2 aromatic carbocycles. The van der Waals surface area contributed by atoms with Gasteiger partial charge in [-0.25, -0.2) is 13.8 Å². The number of phenolic OH excluding ortho intramolecular Hbond substituents is 1. The van der Waals surface area contributed by atoms with E-state index in [0.29, 0.717) is 17.2 Å². The number of aromatic hydroxyl groups is 1. The maximum Gasteiger partial charge on any atom is 0.257 e. The molecule has 0 saturated carbocycles. The van der Waals surface area contributed by atoms with Gasteiger partial charge < -0.3 is 24.6 Å². The van der Waals surface area contributed by atoms with Crippen LogP contribution >= 0.6 is 0 Å². The van der Waals surface area contributed by atoms with E-state index < -0.39 is 17.5 Å². The molecular weight excluding hydrogens is 386 g/mol. The Morgan fingerprint density at radius 2 is 1.97 bits per heavy atom. The van der Waals surface area contributed by atoms with Gasteiger partial charge in [-0.3, -0.25) is 4.79 Å². The fourth-order valence-corrected chi connectivity index (χ4v) is 2.67. The van der Waals surface area contributed by atoms with Crippen LogP contribution < -0.4 is 19.5 Å². The van der Waals surface area contributed by atoms with Gasteiger partial charge in [-0.1, -0.05) is 6.07 Å². The predicted octanol–water partition coefficient (Wildman–Crippen LogP) is 3.52. The number of benzene rings is 2. The zero-order valence-electron chi connectivity index (χ0n) is 14.8. The highest BCUT2D eigenvalue weighted by atomic mass is 19.1. The second-order valence-electron chi connectivity index (χ2n) is 6.08. The average Bonchev–Trinajstić information content (AvgIpc) is 3.16. The number of nitrogens with zero attached hydrogens (tertiary/aromatic N) is 1. The molecule has 148 valence electrons. The molecule has 1 amide bonds. The number of ether oxygens (including phenoxy) is 3. The molecule has 2 heterocycles. The quantitative estimate of drug-likeness (QED) is 0.681. The lowest BCUT2D eigenvalue weighted by Gasteiger charge is -2.11. The second-order valence-corrected chi connectivity index (χ2v) is 6.08. The molecule has 9 heteroatoms. The lowest BCUT2D eigenvalue weighted by molar-refractivity contribution is 0.0947. The van der Waals surface area contributed by atoms with E-state index in [1.807, 2.05) is 0 Å². The summed E-state index contributed by atoms with van der Waals surface area (Å²) < 4.78 is 43.6. The van der Waals surface area contributed by atoms with Crippen molar-refractivity contribution in [2.75, 3.05) is 6.79 Å². The topological polar surface area (TPSA) is 89.9 Å². The van der Waals surface area contributed by atoms with Crippen LogP contribution in [0.2, 0.25) is 0 Å². The van der Waals surface area contributed by atoms with Crippen LogP contribution in [-0.4, -0.2) is 22.8 Å². The first-order chi connectivity index (χ1) is 14.0. The second kappa shape index (κ2) is 7.63. The molecule has 2 N–H and O–H groups in total. The molecule has 4 rings (SSSR count). The monoisotopic (exact) mass is 400 g/mol. The number of carbonyl (C=O) groups excluding carboxylic acids is 1. The van der Waals surface area contributed by atoms with Gasteiger partial charge in [0.15, 0.2) is 11.5 Å². The van der Waals surface area contributed by atoms with Crippen LogP contribution in [0.3, 0.4) is 0 Å². The Morgan fingerprint density at radius 3 is 2.79 bits per heavy atom. The van der Waals surface area contributed by atoms with Gasteiger partial charge in [0.25, 0.3) is 5.91 Å². The molecule has 7 nitrogen and oxygen atoms in total. The van der Waals surface area contributed by atoms with Crippen LogP contribution in [0.4, 0.5) is 8.78 Å². The number of amides is 1. The minimum Gasteiger partial charge on any atom is -0.508 e. The van der Waals surface area contributed by atoms with Gasteiger partial charge in [0, 0.05) is 24.2 Å². The number of halogens is 2. The zero-order chi connectivity index (χ0) is 20.4. The Morgan fingerprint density at radius 1 is 1.14 bits per heavy atom. The number of phenols is 1. The lowest BCUT2D eigenvalue weighted by atomic mass is 10.2. The van der Waals surface area contributed by atoms with E-state index in [9.17, 15) is 18.7 Å². The van der Waals surface area contributed by atoms with E-state index in [4.69, 9.17) is 14.2 Å². The van der Waals surface area contributed by atoms with Gasteiger partial charge in [0.2, 0.25) is 12.7 Å². The summed E-state index contributed by atoms with van der Waals surface area (Å²) in [5, 5.41) is 11.7. The summed E-state index contributed by atoms with van der Waals surface area (Å²) in [7, 11) is 0. The molecule has 0 bridgehead atoms. The third-order valence-corrected chi connectivity index (χ3v) is 4.10. The maximum absolute atomic E-state index is 13.8. The van der Waals surface area contributed by atoms with Crippen molar-refractivity contribution in [1.29, 1.82) is 0 Å². The molecule has 0 fully saturated rings. The fourth-order valence-electron chi connectivity index (χ4n) is 2.67. The largest absolute Gasteiger partial charge is 0.508 e. The van der Waals surface area contributed by atoms with Crippen molar-refractivity contribution in [3.63, 3.8) is 0 Å². The highest BCUT2D eigenvalue weighted by Gasteiger charge is 2.19. The third-order valence-electron chi connectivity index (χ3n) is 4.10. The molecule has 0 unspecified atom stereocenters. The third kappa shape index (κ3) is 4.03. The Balaban J connectivity index is 1.53. The van der Waals surface area contributed by atoms with Crippen molar-refractivity contribution in [1.82, 2.24) is 10.3 Å². The van der Waals surface area contributed by atoms with Gasteiger partial charge in [-0.2, -0.15) is 0 Å². The van der Waals surface area contributed by atoms with Gasteiger partial charge in [-0.15, -0.1) is 0 Å². The smallest absolute Gasteiger partial charge is 0.257 e. The van der Waals surface area contributed by atoms with Crippen LogP contribution in [-0.2, 0) is 6.54 Å². The predicted molar refractivity (Wildman–Crippen MR) is 96.1 cm³/mol. The van der Waals surface area contributed by atoms with E-state index in [2.05, 4.69) is 10.3 Å². The van der Waals surface area contributed by atoms with Gasteiger partial charge in [0.1, 0.15) is 28.7 Å². The molecule has 0 radical (unpaired) electrons. The van der Waals surface area contributed by atoms with E-state index in [1.165, 1.54) is 12.1 Å². The Bertz CT molecular complexity index is 1090. The lowest BCUT2D eigenvalue weighted by Crippen LogP contribution is -2.24. The highest BCUT2D eigenvalue weighted by Crippen LogP contribution is 2.36. The van der Waals surface area contributed by atoms with Gasteiger partial charge >= 0.3 is 0 Å². The van der Waals surface area contributed by atoms with Crippen LogP contribution in [0.15, 0.2) is 48.7 Å². The maximum atomic E-state index is 13.8. The molecule has 3 aromatic rings. The summed E-state index contributed by atoms with van der Waals surface area (Å²) in [6.45, 7) is -0.0833. The Hall–Kier alpha value is -3.88. The van der Waals surface area contributed by atoms with Crippen molar-refractivity contribution in [2.45, 2.75) is 6.54 Å². The van der Waals surface area contributed by atoms with Crippen molar-refractivity contribution in [3.8, 4) is 28.9 Å². The standard InChI is InChI=1S/C20H14F2N2O5/c21-12-5-15(19(26)23-8-11-1-2-13(25)6-16(11)22)20(24-9-12)29-14-3-4-17-18(7-14)28-10-27-17/h1-7,9,25H,8,10H2,(H,23,26). The van der Waals surface area contributed by atoms with Crippen molar-refractivity contribution in [2.24, 2.45) is 0 Å². The highest BCUT2D eigenvalue weighted by molar-refractivity contribution is 5.96. The number of hydrogen-bond donors (Lipinski definition) is 2. The number of fused-ring (bicyclic) bond motifs is 1. The Labute approximate surface area is 163 Å². The molecule has 29 heavy (non-hydrogen) atoms. The normalized spacial score (nSPS) is 11.9. The van der Waals surface area contributed by atoms with E-state index in [1.54, 1.807) is 18.2 Å². The first-order valence-corrected chi connectivity index (χ1v) is 8.48. The van der Waals surface area contributed by atoms with Crippen molar-refractivity contribution >= 4 is 5.91 Å². The minimum absolute atomic E-state index is 0.0923. The summed E-state index contributed by atoms with van der Waals surface area (Å²) in [6, 6.07) is 9.31. The number of hydrogen-bond acceptors (Lipinski definition) is 6. The SMILES string of the molecule is O=C(NCc1ccc(O)cc1F)c1cc(F)cnc1Oc1ccc2c(c1)OCO2. The van der Waals surface area contributed by atoms with Crippen LogP contribution in [0.5, 0.6) is 28.9 Å². The van der Waals surface area contributed by atoms with Gasteiger partial charge in [0.05, 0.1) is 6.20 Å². The summed E-state index contributed by atoms with van der Waals surface area (Å²) >= 11 is 0. The Kier molecular flexibility index (Phi) is 4.86. The molecule has 1 aromatic heterocycles. The van der Waals surface area contributed by atoms with E-state index in [0.717, 1.165) is 18.3 Å². The number of carbonyl (C=O) groups is 1. The van der Waals surface area contributed by atoms with Gasteiger partial charge in [-0.05, 0) is 24.3 Å². The summed E-state index contributed by atoms with van der Waals surface area (Å²) in [5.74, 6) is -1.15. The molecule has 1 aliphatic heterocycles. The molecule has 0 spiro atoms.